The van der Waals surface area contributed by atoms with Gasteiger partial charge in [-0.15, -0.1) is 0 Å². The van der Waals surface area contributed by atoms with E-state index in [9.17, 15) is 5.11 Å². The molecule has 1 heterocycles. The standard InChI is InChI=1S/C15H12Cl2O3/c16-11-3-1-9(12(17)7-11)5-13(18)10-2-4-14-15(6-10)20-8-19-14/h1-4,6-7,13,18H,5,8H2. The Labute approximate surface area is 126 Å². The minimum Gasteiger partial charge on any atom is -0.454 e. The lowest BCUT2D eigenvalue weighted by Gasteiger charge is -2.13. The van der Waals surface area contributed by atoms with Gasteiger partial charge in [-0.1, -0.05) is 35.3 Å². The van der Waals surface area contributed by atoms with Crippen molar-refractivity contribution in [2.45, 2.75) is 12.5 Å². The van der Waals surface area contributed by atoms with Crippen LogP contribution in [0.25, 0.3) is 0 Å². The number of rotatable bonds is 3. The number of halogens is 2. The van der Waals surface area contributed by atoms with Gasteiger partial charge in [0.05, 0.1) is 6.10 Å². The summed E-state index contributed by atoms with van der Waals surface area (Å²) in [4.78, 5) is 0. The molecule has 1 unspecified atom stereocenters. The minimum atomic E-state index is -0.664. The lowest BCUT2D eigenvalue weighted by Crippen LogP contribution is -2.02. The van der Waals surface area contributed by atoms with Gasteiger partial charge in [0.25, 0.3) is 0 Å². The molecule has 2 aromatic rings. The molecule has 5 heteroatoms. The van der Waals surface area contributed by atoms with Gasteiger partial charge < -0.3 is 14.6 Å². The van der Waals surface area contributed by atoms with Gasteiger partial charge in [0.2, 0.25) is 6.79 Å². The summed E-state index contributed by atoms with van der Waals surface area (Å²) in [6.07, 6.45) is -0.251. The lowest BCUT2D eigenvalue weighted by molar-refractivity contribution is 0.171. The van der Waals surface area contributed by atoms with Crippen molar-refractivity contribution in [3.63, 3.8) is 0 Å². The maximum Gasteiger partial charge on any atom is 0.231 e. The van der Waals surface area contributed by atoms with Crippen molar-refractivity contribution >= 4 is 23.2 Å². The van der Waals surface area contributed by atoms with E-state index in [2.05, 4.69) is 0 Å². The van der Waals surface area contributed by atoms with Crippen molar-refractivity contribution < 1.29 is 14.6 Å². The monoisotopic (exact) mass is 310 g/mol. The first-order valence-electron chi connectivity index (χ1n) is 6.15. The van der Waals surface area contributed by atoms with E-state index in [4.69, 9.17) is 32.7 Å². The fourth-order valence-electron chi connectivity index (χ4n) is 2.13. The Balaban J connectivity index is 1.80. The third-order valence-corrected chi connectivity index (χ3v) is 3.80. The van der Waals surface area contributed by atoms with Gasteiger partial charge in [-0.3, -0.25) is 0 Å². The summed E-state index contributed by atoms with van der Waals surface area (Å²) >= 11 is 12.0. The molecule has 0 spiro atoms. The van der Waals surface area contributed by atoms with Crippen LogP contribution in [0.1, 0.15) is 17.2 Å². The summed E-state index contributed by atoms with van der Waals surface area (Å²) in [6.45, 7) is 0.220. The summed E-state index contributed by atoms with van der Waals surface area (Å²) < 4.78 is 10.5. The maximum absolute atomic E-state index is 10.3. The zero-order valence-electron chi connectivity index (χ0n) is 10.5. The molecule has 0 saturated heterocycles. The van der Waals surface area contributed by atoms with Gasteiger partial charge in [0, 0.05) is 16.5 Å². The zero-order chi connectivity index (χ0) is 14.1. The van der Waals surface area contributed by atoms with Crippen molar-refractivity contribution in [1.82, 2.24) is 0 Å². The minimum absolute atomic E-state index is 0.220. The van der Waals surface area contributed by atoms with Gasteiger partial charge >= 0.3 is 0 Å². The largest absolute Gasteiger partial charge is 0.454 e. The van der Waals surface area contributed by atoms with E-state index in [1.807, 2.05) is 12.1 Å². The van der Waals surface area contributed by atoms with Crippen molar-refractivity contribution in [2.75, 3.05) is 6.79 Å². The second-order valence-corrected chi connectivity index (χ2v) is 5.41. The number of fused-ring (bicyclic) bond motifs is 1. The molecular formula is C15H12Cl2O3. The van der Waals surface area contributed by atoms with Crippen LogP contribution in [0, 0.1) is 0 Å². The van der Waals surface area contributed by atoms with Crippen molar-refractivity contribution in [2.24, 2.45) is 0 Å². The van der Waals surface area contributed by atoms with Crippen LogP contribution in [0.3, 0.4) is 0 Å². The first-order chi connectivity index (χ1) is 9.63. The second-order valence-electron chi connectivity index (χ2n) is 4.57. The molecular weight excluding hydrogens is 299 g/mol. The highest BCUT2D eigenvalue weighted by Gasteiger charge is 2.17. The average Bonchev–Trinajstić information content (AvgIpc) is 2.89. The van der Waals surface area contributed by atoms with Crippen LogP contribution in [0.4, 0.5) is 0 Å². The smallest absolute Gasteiger partial charge is 0.231 e. The van der Waals surface area contributed by atoms with E-state index in [1.165, 1.54) is 0 Å². The van der Waals surface area contributed by atoms with Crippen molar-refractivity contribution in [3.8, 4) is 11.5 Å². The predicted octanol–water partition coefficient (Wildman–Crippen LogP) is 4.00. The number of benzene rings is 2. The first kappa shape index (κ1) is 13.6. The average molecular weight is 311 g/mol. The molecule has 1 aliphatic heterocycles. The molecule has 0 aliphatic carbocycles. The SMILES string of the molecule is OC(Cc1ccc(Cl)cc1Cl)c1ccc2c(c1)OCO2. The van der Waals surface area contributed by atoms with E-state index in [-0.39, 0.29) is 6.79 Å². The van der Waals surface area contributed by atoms with Crippen molar-refractivity contribution in [1.29, 1.82) is 0 Å². The molecule has 1 N–H and O–H groups in total. The Hall–Kier alpha value is -1.42. The summed E-state index contributed by atoms with van der Waals surface area (Å²) in [5, 5.41) is 11.4. The number of aliphatic hydroxyl groups is 1. The fraction of sp³-hybridized carbons (Fsp3) is 0.200. The van der Waals surface area contributed by atoms with Crippen LogP contribution in [0.5, 0.6) is 11.5 Å². The Bertz CT molecular complexity index is 643. The van der Waals surface area contributed by atoms with Crippen LogP contribution in [0.15, 0.2) is 36.4 Å². The zero-order valence-corrected chi connectivity index (χ0v) is 12.0. The van der Waals surface area contributed by atoms with Gasteiger partial charge in [0.1, 0.15) is 0 Å². The molecule has 0 radical (unpaired) electrons. The van der Waals surface area contributed by atoms with Gasteiger partial charge in [-0.2, -0.15) is 0 Å². The molecule has 1 atom stereocenters. The lowest BCUT2D eigenvalue weighted by atomic mass is 10.0. The molecule has 0 saturated carbocycles. The van der Waals surface area contributed by atoms with E-state index in [0.717, 1.165) is 11.1 Å². The molecule has 0 aromatic heterocycles. The molecule has 20 heavy (non-hydrogen) atoms. The van der Waals surface area contributed by atoms with Gasteiger partial charge in [0.15, 0.2) is 11.5 Å². The Morgan fingerprint density at radius 3 is 2.65 bits per heavy atom. The Morgan fingerprint density at radius 1 is 1.05 bits per heavy atom. The molecule has 0 amide bonds. The quantitative estimate of drug-likeness (QED) is 0.931. The van der Waals surface area contributed by atoms with Gasteiger partial charge in [-0.25, -0.2) is 0 Å². The molecule has 104 valence electrons. The van der Waals surface area contributed by atoms with E-state index in [1.54, 1.807) is 24.3 Å². The predicted molar refractivity (Wildman–Crippen MR) is 77.7 cm³/mol. The van der Waals surface area contributed by atoms with Crippen molar-refractivity contribution in [3.05, 3.63) is 57.6 Å². The highest BCUT2D eigenvalue weighted by atomic mass is 35.5. The molecule has 3 rings (SSSR count). The highest BCUT2D eigenvalue weighted by Crippen LogP contribution is 2.35. The molecule has 0 bridgehead atoms. The topological polar surface area (TPSA) is 38.7 Å². The van der Waals surface area contributed by atoms with Crippen LogP contribution < -0.4 is 9.47 Å². The summed E-state index contributed by atoms with van der Waals surface area (Å²) in [7, 11) is 0. The van der Waals surface area contributed by atoms with E-state index >= 15 is 0 Å². The molecule has 0 fully saturated rings. The third kappa shape index (κ3) is 2.70. The highest BCUT2D eigenvalue weighted by molar-refractivity contribution is 6.35. The summed E-state index contributed by atoms with van der Waals surface area (Å²) in [6, 6.07) is 10.7. The number of ether oxygens (including phenoxy) is 2. The van der Waals surface area contributed by atoms with Crippen LogP contribution in [-0.2, 0) is 6.42 Å². The summed E-state index contributed by atoms with van der Waals surface area (Å²) in [5.41, 5.74) is 1.61. The normalized spacial score (nSPS) is 14.3. The number of hydrogen-bond acceptors (Lipinski definition) is 3. The fourth-order valence-corrected chi connectivity index (χ4v) is 2.62. The van der Waals surface area contributed by atoms with E-state index < -0.39 is 6.10 Å². The molecule has 2 aromatic carbocycles. The Kier molecular flexibility index (Phi) is 3.74. The molecule has 3 nitrogen and oxygen atoms in total. The van der Waals surface area contributed by atoms with E-state index in [0.29, 0.717) is 28.0 Å². The van der Waals surface area contributed by atoms with Crippen LogP contribution >= 0.6 is 23.2 Å². The third-order valence-electron chi connectivity index (χ3n) is 3.21. The number of aliphatic hydroxyl groups excluding tert-OH is 1. The number of hydrogen-bond donors (Lipinski definition) is 1. The maximum atomic E-state index is 10.3. The van der Waals surface area contributed by atoms with Gasteiger partial charge in [-0.05, 0) is 35.4 Å². The second kappa shape index (κ2) is 5.52. The van der Waals surface area contributed by atoms with Crippen LogP contribution in [-0.4, -0.2) is 11.9 Å². The summed E-state index contributed by atoms with van der Waals surface area (Å²) in [5.74, 6) is 1.36. The Morgan fingerprint density at radius 2 is 1.85 bits per heavy atom. The first-order valence-corrected chi connectivity index (χ1v) is 6.90. The van der Waals surface area contributed by atoms with Crippen LogP contribution in [0.2, 0.25) is 10.0 Å². The molecule has 1 aliphatic rings.